The lowest BCUT2D eigenvalue weighted by atomic mass is 9.96. The van der Waals surface area contributed by atoms with Crippen molar-refractivity contribution in [3.8, 4) is 0 Å². The first kappa shape index (κ1) is 12.1. The summed E-state index contributed by atoms with van der Waals surface area (Å²) in [5.74, 6) is 0.654. The Balaban J connectivity index is 1.94. The number of aliphatic hydroxyl groups excluding tert-OH is 1. The predicted molar refractivity (Wildman–Crippen MR) is 60.4 cm³/mol. The van der Waals surface area contributed by atoms with Gasteiger partial charge in [0.2, 0.25) is 0 Å². The van der Waals surface area contributed by atoms with Gasteiger partial charge in [0.15, 0.2) is 0 Å². The molecular formula is C11H16N2O4. The third-order valence-corrected chi connectivity index (χ3v) is 3.21. The highest BCUT2D eigenvalue weighted by atomic mass is 16.6. The van der Waals surface area contributed by atoms with Gasteiger partial charge in [-0.2, -0.15) is 0 Å². The van der Waals surface area contributed by atoms with Crippen LogP contribution in [-0.2, 0) is 6.54 Å². The standard InChI is InChI=1S/C11H16N2O4/c1-8-4-5-12(7-10(8)14)6-9-2-3-11(17-9)13(15)16/h2-3,8,10,14H,4-7H2,1H3. The van der Waals surface area contributed by atoms with Crippen LogP contribution in [0.3, 0.4) is 0 Å². The average molecular weight is 240 g/mol. The summed E-state index contributed by atoms with van der Waals surface area (Å²) in [6.07, 6.45) is 0.609. The number of piperidine rings is 1. The second-order valence-corrected chi connectivity index (χ2v) is 4.57. The van der Waals surface area contributed by atoms with Gasteiger partial charge in [-0.25, -0.2) is 0 Å². The van der Waals surface area contributed by atoms with Gasteiger partial charge in [-0.1, -0.05) is 6.92 Å². The minimum absolute atomic E-state index is 0.231. The van der Waals surface area contributed by atoms with Crippen LogP contribution in [-0.4, -0.2) is 34.1 Å². The van der Waals surface area contributed by atoms with E-state index in [1.54, 1.807) is 6.07 Å². The molecule has 94 valence electrons. The van der Waals surface area contributed by atoms with Crippen LogP contribution in [0.25, 0.3) is 0 Å². The fourth-order valence-electron chi connectivity index (χ4n) is 2.03. The Bertz CT molecular complexity index is 404. The van der Waals surface area contributed by atoms with Crippen molar-refractivity contribution in [3.05, 3.63) is 28.0 Å². The van der Waals surface area contributed by atoms with Gasteiger partial charge in [-0.3, -0.25) is 15.0 Å². The summed E-state index contributed by atoms with van der Waals surface area (Å²) in [6, 6.07) is 2.97. The number of aliphatic hydroxyl groups is 1. The van der Waals surface area contributed by atoms with Gasteiger partial charge in [0.05, 0.1) is 18.7 Å². The molecule has 1 N–H and O–H groups in total. The monoisotopic (exact) mass is 240 g/mol. The fraction of sp³-hybridized carbons (Fsp3) is 0.636. The number of rotatable bonds is 3. The summed E-state index contributed by atoms with van der Waals surface area (Å²) < 4.78 is 5.09. The molecule has 6 heteroatoms. The molecule has 2 atom stereocenters. The lowest BCUT2D eigenvalue weighted by molar-refractivity contribution is -0.402. The zero-order chi connectivity index (χ0) is 12.4. The van der Waals surface area contributed by atoms with E-state index in [1.807, 2.05) is 11.8 Å². The molecule has 0 radical (unpaired) electrons. The minimum atomic E-state index is -0.545. The molecule has 6 nitrogen and oxygen atoms in total. The maximum atomic E-state index is 10.5. The van der Waals surface area contributed by atoms with Crippen LogP contribution in [0.15, 0.2) is 16.5 Å². The Labute approximate surface area is 99.0 Å². The highest BCUT2D eigenvalue weighted by Crippen LogP contribution is 2.21. The molecule has 0 aromatic carbocycles. The lowest BCUT2D eigenvalue weighted by Crippen LogP contribution is -2.42. The predicted octanol–water partition coefficient (Wildman–Crippen LogP) is 1.39. The third kappa shape index (κ3) is 2.83. The third-order valence-electron chi connectivity index (χ3n) is 3.21. The number of hydrogen-bond acceptors (Lipinski definition) is 5. The number of β-amino-alcohol motifs (C(OH)–C–C–N with tert-alkyl or cyclic N) is 1. The molecule has 2 heterocycles. The number of furan rings is 1. The molecule has 0 aliphatic carbocycles. The van der Waals surface area contributed by atoms with E-state index in [0.29, 0.717) is 24.8 Å². The molecule has 0 saturated carbocycles. The Hall–Kier alpha value is -1.40. The number of nitro groups is 1. The first-order valence-corrected chi connectivity index (χ1v) is 5.70. The quantitative estimate of drug-likeness (QED) is 0.638. The summed E-state index contributed by atoms with van der Waals surface area (Å²) in [5, 5.41) is 20.2. The van der Waals surface area contributed by atoms with Crippen molar-refractivity contribution in [2.24, 2.45) is 5.92 Å². The molecule has 2 unspecified atom stereocenters. The van der Waals surface area contributed by atoms with E-state index in [-0.39, 0.29) is 12.0 Å². The first-order valence-electron chi connectivity index (χ1n) is 5.70. The molecule has 0 amide bonds. The summed E-state index contributed by atoms with van der Waals surface area (Å²) in [4.78, 5) is 12.0. The van der Waals surface area contributed by atoms with E-state index >= 15 is 0 Å². The summed E-state index contributed by atoms with van der Waals surface area (Å²) >= 11 is 0. The smallest absolute Gasteiger partial charge is 0.404 e. The van der Waals surface area contributed by atoms with Gasteiger partial charge in [0.1, 0.15) is 10.7 Å². The number of hydrogen-bond donors (Lipinski definition) is 1. The minimum Gasteiger partial charge on any atom is -0.404 e. The van der Waals surface area contributed by atoms with Crippen molar-refractivity contribution in [3.63, 3.8) is 0 Å². The van der Waals surface area contributed by atoms with E-state index in [1.165, 1.54) is 6.07 Å². The fourth-order valence-corrected chi connectivity index (χ4v) is 2.03. The molecule has 0 bridgehead atoms. The van der Waals surface area contributed by atoms with Crippen molar-refractivity contribution in [2.45, 2.75) is 26.0 Å². The summed E-state index contributed by atoms with van der Waals surface area (Å²) in [6.45, 7) is 4.01. The van der Waals surface area contributed by atoms with Crippen LogP contribution in [0.5, 0.6) is 0 Å². The highest BCUT2D eigenvalue weighted by Gasteiger charge is 2.25. The molecule has 17 heavy (non-hydrogen) atoms. The van der Waals surface area contributed by atoms with Crippen LogP contribution in [0, 0.1) is 16.0 Å². The van der Waals surface area contributed by atoms with Gasteiger partial charge in [0.25, 0.3) is 0 Å². The topological polar surface area (TPSA) is 79.8 Å². The number of nitrogens with zero attached hydrogens (tertiary/aromatic N) is 2. The summed E-state index contributed by atoms with van der Waals surface area (Å²) in [7, 11) is 0. The Morgan fingerprint density at radius 2 is 2.41 bits per heavy atom. The molecule has 1 saturated heterocycles. The van der Waals surface area contributed by atoms with Gasteiger partial charge in [-0.05, 0) is 24.9 Å². The van der Waals surface area contributed by atoms with E-state index < -0.39 is 4.92 Å². The van der Waals surface area contributed by atoms with Crippen LogP contribution < -0.4 is 0 Å². The number of likely N-dealkylation sites (tertiary alicyclic amines) is 1. The van der Waals surface area contributed by atoms with Crippen LogP contribution in [0.2, 0.25) is 0 Å². The largest absolute Gasteiger partial charge is 0.433 e. The molecule has 1 aliphatic rings. The normalized spacial score (nSPS) is 26.0. The molecule has 0 spiro atoms. The molecular weight excluding hydrogens is 224 g/mol. The molecule has 1 aromatic heterocycles. The van der Waals surface area contributed by atoms with E-state index in [9.17, 15) is 15.2 Å². The second kappa shape index (κ2) is 4.85. The van der Waals surface area contributed by atoms with Gasteiger partial charge >= 0.3 is 5.88 Å². The zero-order valence-corrected chi connectivity index (χ0v) is 9.70. The molecule has 2 rings (SSSR count). The van der Waals surface area contributed by atoms with Crippen molar-refractivity contribution in [1.29, 1.82) is 0 Å². The van der Waals surface area contributed by atoms with Gasteiger partial charge in [-0.15, -0.1) is 0 Å². The van der Waals surface area contributed by atoms with Crippen molar-refractivity contribution in [1.82, 2.24) is 4.90 Å². The zero-order valence-electron chi connectivity index (χ0n) is 9.70. The molecule has 1 fully saturated rings. The average Bonchev–Trinajstić information content (AvgIpc) is 2.72. The molecule has 1 aliphatic heterocycles. The van der Waals surface area contributed by atoms with Gasteiger partial charge in [0, 0.05) is 6.54 Å². The van der Waals surface area contributed by atoms with Gasteiger partial charge < -0.3 is 9.52 Å². The van der Waals surface area contributed by atoms with E-state index in [2.05, 4.69) is 0 Å². The van der Waals surface area contributed by atoms with Crippen LogP contribution in [0.4, 0.5) is 5.88 Å². The molecule has 1 aromatic rings. The van der Waals surface area contributed by atoms with Crippen molar-refractivity contribution in [2.75, 3.05) is 13.1 Å². The van der Waals surface area contributed by atoms with Crippen LogP contribution in [0.1, 0.15) is 19.1 Å². The lowest BCUT2D eigenvalue weighted by Gasteiger charge is -2.33. The maximum absolute atomic E-state index is 10.5. The van der Waals surface area contributed by atoms with E-state index in [4.69, 9.17) is 4.42 Å². The maximum Gasteiger partial charge on any atom is 0.433 e. The van der Waals surface area contributed by atoms with Crippen molar-refractivity contribution < 1.29 is 14.4 Å². The first-order chi connectivity index (χ1) is 8.06. The SMILES string of the molecule is CC1CCN(Cc2ccc([N+](=O)[O-])o2)CC1O. The van der Waals surface area contributed by atoms with Crippen LogP contribution >= 0.6 is 0 Å². The Kier molecular flexibility index (Phi) is 3.44. The summed E-state index contributed by atoms with van der Waals surface area (Å²) in [5.41, 5.74) is 0. The van der Waals surface area contributed by atoms with E-state index in [0.717, 1.165) is 13.0 Å². The Morgan fingerprint density at radius 1 is 1.65 bits per heavy atom. The highest BCUT2D eigenvalue weighted by molar-refractivity contribution is 5.17. The van der Waals surface area contributed by atoms with Crippen molar-refractivity contribution >= 4 is 5.88 Å². The second-order valence-electron chi connectivity index (χ2n) is 4.57. The Morgan fingerprint density at radius 3 is 3.00 bits per heavy atom.